The third-order valence-corrected chi connectivity index (χ3v) is 2.74. The van der Waals surface area contributed by atoms with Crippen molar-refractivity contribution in [1.29, 1.82) is 0 Å². The summed E-state index contributed by atoms with van der Waals surface area (Å²) in [5.74, 6) is 0. The highest BCUT2D eigenvalue weighted by atomic mass is 15.4. The van der Waals surface area contributed by atoms with Gasteiger partial charge in [0.1, 0.15) is 0 Å². The first kappa shape index (κ1) is 12.7. The third kappa shape index (κ3) is 3.63. The highest BCUT2D eigenvalue weighted by molar-refractivity contribution is 5.10. The first-order valence-corrected chi connectivity index (χ1v) is 6.29. The first-order valence-electron chi connectivity index (χ1n) is 6.29. The monoisotopic (exact) mass is 245 g/mol. The topological polar surface area (TPSA) is 69.6 Å². The minimum Gasteiger partial charge on any atom is -0.330 e. The number of hydrogen-bond donors (Lipinski definition) is 1. The number of unbranched alkanes of at least 4 members (excludes halogenated alkanes) is 1. The molecular formula is C13H19N5. The number of rotatable bonds is 6. The van der Waals surface area contributed by atoms with Crippen LogP contribution in [0.5, 0.6) is 0 Å². The predicted molar refractivity (Wildman–Crippen MR) is 70.1 cm³/mol. The summed E-state index contributed by atoms with van der Waals surface area (Å²) in [5, 5.41) is 8.27. The van der Waals surface area contributed by atoms with Crippen molar-refractivity contribution in [3.8, 4) is 0 Å². The van der Waals surface area contributed by atoms with Crippen LogP contribution in [0.4, 0.5) is 0 Å². The van der Waals surface area contributed by atoms with Gasteiger partial charge in [0.15, 0.2) is 0 Å². The zero-order valence-corrected chi connectivity index (χ0v) is 10.7. The van der Waals surface area contributed by atoms with Crippen LogP contribution in [0.15, 0.2) is 24.4 Å². The van der Waals surface area contributed by atoms with E-state index in [-0.39, 0.29) is 0 Å². The maximum atomic E-state index is 5.46. The van der Waals surface area contributed by atoms with Gasteiger partial charge in [-0.15, -0.1) is 5.10 Å². The standard InChI is InChI=1S/C13H19N5/c1-11-5-4-7-12(15-11)9-18-10-13(16-17-18)6-2-3-8-14/h4-5,7,10H,2-3,6,8-9,14H2,1H3. The molecule has 0 unspecified atom stereocenters. The number of aryl methyl sites for hydroxylation is 2. The molecule has 5 heteroatoms. The Bertz CT molecular complexity index is 492. The molecule has 2 heterocycles. The van der Waals surface area contributed by atoms with E-state index in [0.717, 1.165) is 42.9 Å². The number of hydrogen-bond acceptors (Lipinski definition) is 4. The van der Waals surface area contributed by atoms with E-state index in [1.165, 1.54) is 0 Å². The van der Waals surface area contributed by atoms with Crippen LogP contribution in [-0.4, -0.2) is 26.5 Å². The molecule has 96 valence electrons. The lowest BCUT2D eigenvalue weighted by molar-refractivity contribution is 0.636. The summed E-state index contributed by atoms with van der Waals surface area (Å²) in [6.07, 6.45) is 5.03. The fraction of sp³-hybridized carbons (Fsp3) is 0.462. The van der Waals surface area contributed by atoms with Crippen molar-refractivity contribution in [3.05, 3.63) is 41.5 Å². The van der Waals surface area contributed by atoms with Crippen molar-refractivity contribution in [3.63, 3.8) is 0 Å². The second-order valence-corrected chi connectivity index (χ2v) is 4.42. The summed E-state index contributed by atoms with van der Waals surface area (Å²) in [5.41, 5.74) is 8.52. The molecule has 0 aliphatic carbocycles. The summed E-state index contributed by atoms with van der Waals surface area (Å²) in [4.78, 5) is 4.45. The van der Waals surface area contributed by atoms with E-state index >= 15 is 0 Å². The molecule has 0 amide bonds. The molecule has 0 saturated heterocycles. The zero-order valence-electron chi connectivity index (χ0n) is 10.7. The van der Waals surface area contributed by atoms with Crippen molar-refractivity contribution in [1.82, 2.24) is 20.0 Å². The number of nitrogens with two attached hydrogens (primary N) is 1. The van der Waals surface area contributed by atoms with Crippen LogP contribution < -0.4 is 5.73 Å². The molecule has 0 aliphatic rings. The molecule has 2 aromatic rings. The Balaban J connectivity index is 1.94. The fourth-order valence-electron chi connectivity index (χ4n) is 1.83. The SMILES string of the molecule is Cc1cccc(Cn2cc(CCCCN)nn2)n1. The smallest absolute Gasteiger partial charge is 0.0849 e. The number of aromatic nitrogens is 4. The van der Waals surface area contributed by atoms with Crippen LogP contribution >= 0.6 is 0 Å². The van der Waals surface area contributed by atoms with E-state index in [1.807, 2.05) is 36.0 Å². The molecule has 0 fully saturated rings. The molecule has 0 bridgehead atoms. The van der Waals surface area contributed by atoms with Crippen LogP contribution in [0.25, 0.3) is 0 Å². The van der Waals surface area contributed by atoms with Crippen LogP contribution in [-0.2, 0) is 13.0 Å². The van der Waals surface area contributed by atoms with Crippen molar-refractivity contribution in [2.45, 2.75) is 32.7 Å². The Morgan fingerprint density at radius 2 is 2.11 bits per heavy atom. The van der Waals surface area contributed by atoms with E-state index in [1.54, 1.807) is 0 Å². The quantitative estimate of drug-likeness (QED) is 0.779. The molecule has 0 spiro atoms. The second-order valence-electron chi connectivity index (χ2n) is 4.42. The van der Waals surface area contributed by atoms with Gasteiger partial charge in [0, 0.05) is 11.9 Å². The lowest BCUT2D eigenvalue weighted by Gasteiger charge is -2.00. The van der Waals surface area contributed by atoms with Gasteiger partial charge < -0.3 is 5.73 Å². The van der Waals surface area contributed by atoms with Crippen LogP contribution in [0.2, 0.25) is 0 Å². The lowest BCUT2D eigenvalue weighted by Crippen LogP contribution is -2.03. The average molecular weight is 245 g/mol. The Labute approximate surface area is 107 Å². The molecule has 18 heavy (non-hydrogen) atoms. The largest absolute Gasteiger partial charge is 0.330 e. The van der Waals surface area contributed by atoms with E-state index < -0.39 is 0 Å². The zero-order chi connectivity index (χ0) is 12.8. The summed E-state index contributed by atoms with van der Waals surface area (Å²) >= 11 is 0. The molecule has 0 aliphatic heterocycles. The highest BCUT2D eigenvalue weighted by Gasteiger charge is 2.02. The van der Waals surface area contributed by atoms with Gasteiger partial charge in [-0.3, -0.25) is 4.98 Å². The summed E-state index contributed by atoms with van der Waals surface area (Å²) in [7, 11) is 0. The molecular weight excluding hydrogens is 226 g/mol. The van der Waals surface area contributed by atoms with E-state index in [4.69, 9.17) is 5.73 Å². The lowest BCUT2D eigenvalue weighted by atomic mass is 10.2. The second kappa shape index (κ2) is 6.26. The molecule has 0 saturated carbocycles. The van der Waals surface area contributed by atoms with Gasteiger partial charge in [-0.05, 0) is 44.9 Å². The molecule has 0 atom stereocenters. The summed E-state index contributed by atoms with van der Waals surface area (Å²) in [6.45, 7) is 3.40. The van der Waals surface area contributed by atoms with Crippen molar-refractivity contribution in [2.24, 2.45) is 5.73 Å². The molecule has 0 radical (unpaired) electrons. The Hall–Kier alpha value is -1.75. The van der Waals surface area contributed by atoms with Gasteiger partial charge in [-0.25, -0.2) is 4.68 Å². The van der Waals surface area contributed by atoms with Gasteiger partial charge in [-0.1, -0.05) is 11.3 Å². The number of nitrogens with zero attached hydrogens (tertiary/aromatic N) is 4. The molecule has 0 aromatic carbocycles. The average Bonchev–Trinajstić information content (AvgIpc) is 2.77. The van der Waals surface area contributed by atoms with Crippen molar-refractivity contribution >= 4 is 0 Å². The van der Waals surface area contributed by atoms with Crippen molar-refractivity contribution in [2.75, 3.05) is 6.54 Å². The minimum absolute atomic E-state index is 0.672. The van der Waals surface area contributed by atoms with Crippen molar-refractivity contribution < 1.29 is 0 Å². The maximum absolute atomic E-state index is 5.46. The first-order chi connectivity index (χ1) is 8.78. The van der Waals surface area contributed by atoms with Gasteiger partial charge in [0.05, 0.1) is 17.9 Å². The Kier molecular flexibility index (Phi) is 4.41. The van der Waals surface area contributed by atoms with Crippen LogP contribution in [0.3, 0.4) is 0 Å². The van der Waals surface area contributed by atoms with E-state index in [0.29, 0.717) is 6.54 Å². The Morgan fingerprint density at radius 3 is 2.89 bits per heavy atom. The number of pyridine rings is 1. The maximum Gasteiger partial charge on any atom is 0.0849 e. The van der Waals surface area contributed by atoms with Gasteiger partial charge >= 0.3 is 0 Å². The normalized spacial score (nSPS) is 10.8. The molecule has 2 rings (SSSR count). The van der Waals surface area contributed by atoms with Crippen LogP contribution in [0.1, 0.15) is 29.9 Å². The Morgan fingerprint density at radius 1 is 1.22 bits per heavy atom. The fourth-order valence-corrected chi connectivity index (χ4v) is 1.83. The summed E-state index contributed by atoms with van der Waals surface area (Å²) < 4.78 is 1.83. The van der Waals surface area contributed by atoms with Gasteiger partial charge in [-0.2, -0.15) is 0 Å². The van der Waals surface area contributed by atoms with E-state index in [2.05, 4.69) is 15.3 Å². The molecule has 2 N–H and O–H groups in total. The third-order valence-electron chi connectivity index (χ3n) is 2.74. The molecule has 5 nitrogen and oxygen atoms in total. The van der Waals surface area contributed by atoms with Crippen LogP contribution in [0, 0.1) is 6.92 Å². The predicted octanol–water partition coefficient (Wildman–Crippen LogP) is 1.31. The van der Waals surface area contributed by atoms with E-state index in [9.17, 15) is 0 Å². The minimum atomic E-state index is 0.672. The summed E-state index contributed by atoms with van der Waals surface area (Å²) in [6, 6.07) is 6.00. The molecule has 2 aromatic heterocycles. The highest BCUT2D eigenvalue weighted by Crippen LogP contribution is 2.03. The van der Waals surface area contributed by atoms with Gasteiger partial charge in [0.2, 0.25) is 0 Å². The van der Waals surface area contributed by atoms with Gasteiger partial charge in [0.25, 0.3) is 0 Å².